The Morgan fingerprint density at radius 1 is 1.22 bits per heavy atom. The van der Waals surface area contributed by atoms with Crippen LogP contribution in [0.4, 0.5) is 4.79 Å². The topological polar surface area (TPSA) is 82.1 Å². The van der Waals surface area contributed by atoms with E-state index in [0.717, 1.165) is 5.56 Å². The van der Waals surface area contributed by atoms with Crippen LogP contribution >= 0.6 is 0 Å². The second kappa shape index (κ2) is 8.58. The average Bonchev–Trinajstić information content (AvgIpc) is 2.94. The fourth-order valence-electron chi connectivity index (χ4n) is 2.84. The van der Waals surface area contributed by atoms with Crippen LogP contribution in [0.1, 0.15) is 39.7 Å². The van der Waals surface area contributed by atoms with Gasteiger partial charge in [0.05, 0.1) is 30.2 Å². The molecule has 0 spiro atoms. The van der Waals surface area contributed by atoms with E-state index in [4.69, 9.17) is 13.7 Å². The average molecular weight is 400 g/mol. The number of amides is 1. The SMILES string of the molecule is CCOC[C@@H]1C[C@@H](OS(=O)(=O)c2ccc(C)cc2)CN1C(=O)OC(C)(C)C. The highest BCUT2D eigenvalue weighted by Crippen LogP contribution is 2.26. The molecule has 1 aliphatic heterocycles. The quantitative estimate of drug-likeness (QED) is 0.684. The minimum Gasteiger partial charge on any atom is -0.444 e. The van der Waals surface area contributed by atoms with Gasteiger partial charge in [-0.25, -0.2) is 4.79 Å². The molecule has 2 atom stereocenters. The van der Waals surface area contributed by atoms with E-state index in [9.17, 15) is 13.2 Å². The number of aryl methyl sites for hydroxylation is 1. The van der Waals surface area contributed by atoms with Crippen LogP contribution in [0, 0.1) is 6.92 Å². The monoisotopic (exact) mass is 399 g/mol. The summed E-state index contributed by atoms with van der Waals surface area (Å²) in [6.45, 7) is 10.1. The van der Waals surface area contributed by atoms with E-state index in [1.54, 1.807) is 32.9 Å². The summed E-state index contributed by atoms with van der Waals surface area (Å²) in [5.74, 6) is 0. The van der Waals surface area contributed by atoms with Crippen molar-refractivity contribution in [2.75, 3.05) is 19.8 Å². The van der Waals surface area contributed by atoms with Gasteiger partial charge >= 0.3 is 6.09 Å². The number of rotatable bonds is 6. The van der Waals surface area contributed by atoms with Crippen LogP contribution < -0.4 is 0 Å². The first-order valence-corrected chi connectivity index (χ1v) is 10.5. The van der Waals surface area contributed by atoms with Crippen LogP contribution in [0.3, 0.4) is 0 Å². The predicted octanol–water partition coefficient (Wildman–Crippen LogP) is 3.11. The van der Waals surface area contributed by atoms with Crippen LogP contribution in [0.5, 0.6) is 0 Å². The maximum absolute atomic E-state index is 12.5. The molecule has 27 heavy (non-hydrogen) atoms. The summed E-state index contributed by atoms with van der Waals surface area (Å²) in [6, 6.07) is 6.18. The molecule has 1 aromatic carbocycles. The van der Waals surface area contributed by atoms with Crippen molar-refractivity contribution in [2.45, 2.75) is 63.7 Å². The van der Waals surface area contributed by atoms with Crippen molar-refractivity contribution in [2.24, 2.45) is 0 Å². The molecule has 1 saturated heterocycles. The summed E-state index contributed by atoms with van der Waals surface area (Å²) >= 11 is 0. The molecule has 8 heteroatoms. The summed E-state index contributed by atoms with van der Waals surface area (Å²) in [6.07, 6.45) is -0.773. The molecule has 1 amide bonds. The van der Waals surface area contributed by atoms with Crippen molar-refractivity contribution < 1.29 is 26.9 Å². The largest absolute Gasteiger partial charge is 0.444 e. The van der Waals surface area contributed by atoms with Gasteiger partial charge in [-0.2, -0.15) is 8.42 Å². The molecular weight excluding hydrogens is 370 g/mol. The zero-order valence-electron chi connectivity index (χ0n) is 16.6. The fourth-order valence-corrected chi connectivity index (χ4v) is 3.92. The maximum Gasteiger partial charge on any atom is 0.410 e. The first-order chi connectivity index (χ1) is 12.5. The lowest BCUT2D eigenvalue weighted by Gasteiger charge is -2.28. The summed E-state index contributed by atoms with van der Waals surface area (Å²) < 4.78 is 41.4. The standard InChI is InChI=1S/C19H29NO6S/c1-6-24-13-15-11-16(12-20(15)18(21)25-19(3,4)5)26-27(22,23)17-9-7-14(2)8-10-17/h7-10,15-16H,6,11-13H2,1-5H3/t15-,16+/m0/s1. The molecule has 0 saturated carbocycles. The molecule has 0 N–H and O–H groups in total. The molecule has 0 radical (unpaired) electrons. The molecule has 1 aliphatic rings. The second-order valence-electron chi connectivity index (χ2n) is 7.67. The van der Waals surface area contributed by atoms with Crippen molar-refractivity contribution in [3.63, 3.8) is 0 Å². The van der Waals surface area contributed by atoms with Crippen molar-refractivity contribution in [1.82, 2.24) is 4.90 Å². The summed E-state index contributed by atoms with van der Waals surface area (Å²) in [5, 5.41) is 0. The third-order valence-corrected chi connectivity index (χ3v) is 5.47. The van der Waals surface area contributed by atoms with Gasteiger partial charge in [-0.05, 0) is 53.2 Å². The third kappa shape index (κ3) is 6.19. The summed E-state index contributed by atoms with van der Waals surface area (Å²) in [5.41, 5.74) is 0.322. The van der Waals surface area contributed by atoms with Gasteiger partial charge in [-0.15, -0.1) is 0 Å². The molecule has 1 aromatic rings. The number of nitrogens with zero attached hydrogens (tertiary/aromatic N) is 1. The lowest BCUT2D eigenvalue weighted by Crippen LogP contribution is -2.42. The van der Waals surface area contributed by atoms with Crippen molar-refractivity contribution in [3.05, 3.63) is 29.8 Å². The van der Waals surface area contributed by atoms with Gasteiger partial charge in [0.25, 0.3) is 10.1 Å². The Kier molecular flexibility index (Phi) is 6.88. The molecule has 1 fully saturated rings. The Morgan fingerprint density at radius 3 is 2.41 bits per heavy atom. The Morgan fingerprint density at radius 2 is 1.85 bits per heavy atom. The van der Waals surface area contributed by atoms with E-state index < -0.39 is 27.9 Å². The van der Waals surface area contributed by atoms with Gasteiger partial charge in [0.1, 0.15) is 5.60 Å². The highest BCUT2D eigenvalue weighted by molar-refractivity contribution is 7.86. The molecule has 7 nitrogen and oxygen atoms in total. The number of carbonyl (C=O) groups excluding carboxylic acids is 1. The smallest absolute Gasteiger partial charge is 0.410 e. The Bertz CT molecular complexity index is 738. The Labute approximate surface area is 161 Å². The predicted molar refractivity (Wildman–Crippen MR) is 101 cm³/mol. The summed E-state index contributed by atoms with van der Waals surface area (Å²) in [4.78, 5) is 14.1. The van der Waals surface area contributed by atoms with Gasteiger partial charge in [-0.1, -0.05) is 17.7 Å². The van der Waals surface area contributed by atoms with E-state index in [-0.39, 0.29) is 17.5 Å². The maximum atomic E-state index is 12.5. The number of ether oxygens (including phenoxy) is 2. The molecule has 152 valence electrons. The van der Waals surface area contributed by atoms with Gasteiger partial charge in [0.15, 0.2) is 0 Å². The molecular formula is C19H29NO6S. The number of hydrogen-bond donors (Lipinski definition) is 0. The van der Waals surface area contributed by atoms with E-state index in [2.05, 4.69) is 0 Å². The third-order valence-electron chi connectivity index (χ3n) is 4.09. The normalized spacial score (nSPS) is 20.7. The van der Waals surface area contributed by atoms with Crippen molar-refractivity contribution in [3.8, 4) is 0 Å². The van der Waals surface area contributed by atoms with Gasteiger partial charge < -0.3 is 14.4 Å². The minimum atomic E-state index is -3.91. The molecule has 0 bridgehead atoms. The zero-order valence-corrected chi connectivity index (χ0v) is 17.4. The van der Waals surface area contributed by atoms with Crippen molar-refractivity contribution in [1.29, 1.82) is 0 Å². The zero-order chi connectivity index (χ0) is 20.2. The lowest BCUT2D eigenvalue weighted by atomic mass is 10.2. The molecule has 2 rings (SSSR count). The van der Waals surface area contributed by atoms with Crippen LogP contribution in [0.15, 0.2) is 29.2 Å². The van der Waals surface area contributed by atoms with Crippen LogP contribution in [-0.4, -0.2) is 56.9 Å². The molecule has 0 aliphatic carbocycles. The highest BCUT2D eigenvalue weighted by atomic mass is 32.2. The molecule has 0 aromatic heterocycles. The van der Waals surface area contributed by atoms with Gasteiger partial charge in [-0.3, -0.25) is 4.18 Å². The van der Waals surface area contributed by atoms with Gasteiger partial charge in [0.2, 0.25) is 0 Å². The van der Waals surface area contributed by atoms with E-state index in [1.165, 1.54) is 17.0 Å². The fraction of sp³-hybridized carbons (Fsp3) is 0.632. The molecule has 1 heterocycles. The number of hydrogen-bond acceptors (Lipinski definition) is 6. The van der Waals surface area contributed by atoms with Crippen LogP contribution in [-0.2, 0) is 23.8 Å². The van der Waals surface area contributed by atoms with E-state index >= 15 is 0 Å². The molecule has 0 unspecified atom stereocenters. The van der Waals surface area contributed by atoms with Gasteiger partial charge in [0, 0.05) is 6.61 Å². The number of benzene rings is 1. The number of carbonyl (C=O) groups is 1. The number of likely N-dealkylation sites (tertiary alicyclic amines) is 1. The summed E-state index contributed by atoms with van der Waals surface area (Å²) in [7, 11) is -3.91. The van der Waals surface area contributed by atoms with E-state index in [1.807, 2.05) is 13.8 Å². The minimum absolute atomic E-state index is 0.102. The first kappa shape index (κ1) is 21.7. The van der Waals surface area contributed by atoms with E-state index in [0.29, 0.717) is 19.6 Å². The van der Waals surface area contributed by atoms with Crippen LogP contribution in [0.2, 0.25) is 0 Å². The Hall–Kier alpha value is -1.64. The second-order valence-corrected chi connectivity index (χ2v) is 9.24. The Balaban J connectivity index is 2.11. The van der Waals surface area contributed by atoms with Crippen LogP contribution in [0.25, 0.3) is 0 Å². The highest BCUT2D eigenvalue weighted by Gasteiger charge is 2.40. The first-order valence-electron chi connectivity index (χ1n) is 9.09. The van der Waals surface area contributed by atoms with Crippen molar-refractivity contribution >= 4 is 16.2 Å². The lowest BCUT2D eigenvalue weighted by molar-refractivity contribution is 0.0110.